The summed E-state index contributed by atoms with van der Waals surface area (Å²) < 4.78 is 23.3. The van der Waals surface area contributed by atoms with Crippen molar-refractivity contribution in [2.24, 2.45) is 11.1 Å². The number of hydrogen-bond acceptors (Lipinski definition) is 3. The van der Waals surface area contributed by atoms with Gasteiger partial charge in [-0.15, -0.1) is 0 Å². The van der Waals surface area contributed by atoms with Crippen molar-refractivity contribution in [2.75, 3.05) is 6.54 Å². The third-order valence-electron chi connectivity index (χ3n) is 4.10. The van der Waals surface area contributed by atoms with Gasteiger partial charge in [0, 0.05) is 18.2 Å². The van der Waals surface area contributed by atoms with Crippen molar-refractivity contribution in [3.8, 4) is 0 Å². The smallest absolute Gasteiger partial charge is 0.254 e. The summed E-state index contributed by atoms with van der Waals surface area (Å²) in [6.45, 7) is 8.34. The first kappa shape index (κ1) is 16.0. The van der Waals surface area contributed by atoms with E-state index in [1.165, 1.54) is 6.07 Å². The molecule has 0 radical (unpaired) electrons. The van der Waals surface area contributed by atoms with Crippen molar-refractivity contribution in [3.05, 3.63) is 28.8 Å². The maximum Gasteiger partial charge on any atom is 0.254 e. The van der Waals surface area contributed by atoms with Gasteiger partial charge in [-0.1, -0.05) is 13.0 Å². The number of carbonyl (C=O) groups is 1. The maximum absolute atomic E-state index is 12.7. The van der Waals surface area contributed by atoms with Crippen molar-refractivity contribution in [1.29, 1.82) is 0 Å². The van der Waals surface area contributed by atoms with Crippen molar-refractivity contribution in [2.45, 2.75) is 45.1 Å². The fourth-order valence-electron chi connectivity index (χ4n) is 3.11. The number of carbonyl (C=O) groups excluding carboxylic acids is 1. The van der Waals surface area contributed by atoms with Gasteiger partial charge in [0.2, 0.25) is 10.0 Å². The minimum Gasteiger partial charge on any atom is -0.336 e. The Morgan fingerprint density at radius 2 is 1.86 bits per heavy atom. The van der Waals surface area contributed by atoms with Crippen LogP contribution in [0.15, 0.2) is 17.0 Å². The van der Waals surface area contributed by atoms with Crippen LogP contribution < -0.4 is 5.14 Å². The molecule has 6 heteroatoms. The summed E-state index contributed by atoms with van der Waals surface area (Å²) in [5, 5.41) is 5.23. The highest BCUT2D eigenvalue weighted by Gasteiger charge is 2.31. The zero-order valence-corrected chi connectivity index (χ0v) is 13.7. The minimum absolute atomic E-state index is 0.0244. The molecule has 0 bridgehead atoms. The van der Waals surface area contributed by atoms with Gasteiger partial charge in [0.25, 0.3) is 5.91 Å². The normalized spacial score (nSPS) is 22.6. The molecule has 1 aliphatic heterocycles. The van der Waals surface area contributed by atoms with Gasteiger partial charge in [-0.25, -0.2) is 13.6 Å². The van der Waals surface area contributed by atoms with Gasteiger partial charge in [-0.2, -0.15) is 0 Å². The molecule has 1 aromatic carbocycles. The second-order valence-electron chi connectivity index (χ2n) is 6.13. The Morgan fingerprint density at radius 1 is 1.24 bits per heavy atom. The molecule has 0 spiro atoms. The standard InChI is InChI=1S/C15H22N2O3S/c1-9-5-12(4)17(8-9)15(18)13-7-14(21(16,19)20)11(3)6-10(13)2/h6-7,9,12H,5,8H2,1-4H3,(H2,16,19,20). The lowest BCUT2D eigenvalue weighted by atomic mass is 10.0. The number of nitrogens with two attached hydrogens (primary N) is 1. The van der Waals surface area contributed by atoms with Crippen LogP contribution in [0.5, 0.6) is 0 Å². The molecule has 1 aliphatic rings. The predicted octanol–water partition coefficient (Wildman–Crippen LogP) is 1.82. The predicted molar refractivity (Wildman–Crippen MR) is 81.6 cm³/mol. The summed E-state index contributed by atoms with van der Waals surface area (Å²) in [7, 11) is -3.82. The van der Waals surface area contributed by atoms with E-state index in [0.29, 0.717) is 23.6 Å². The number of aryl methyl sites for hydroxylation is 2. The third-order valence-corrected chi connectivity index (χ3v) is 5.16. The minimum atomic E-state index is -3.82. The third kappa shape index (κ3) is 3.11. The van der Waals surface area contributed by atoms with E-state index in [2.05, 4.69) is 6.92 Å². The number of nitrogens with zero attached hydrogens (tertiary/aromatic N) is 1. The van der Waals surface area contributed by atoms with Gasteiger partial charge in [0.1, 0.15) is 0 Å². The number of benzene rings is 1. The highest BCUT2D eigenvalue weighted by atomic mass is 32.2. The number of primary sulfonamides is 1. The lowest BCUT2D eigenvalue weighted by molar-refractivity contribution is 0.0743. The first-order chi connectivity index (χ1) is 9.61. The number of hydrogen-bond donors (Lipinski definition) is 1. The second kappa shape index (κ2) is 5.42. The topological polar surface area (TPSA) is 80.5 Å². The zero-order chi connectivity index (χ0) is 15.9. The van der Waals surface area contributed by atoms with Gasteiger partial charge < -0.3 is 4.90 Å². The van der Waals surface area contributed by atoms with E-state index in [-0.39, 0.29) is 16.8 Å². The summed E-state index contributed by atoms with van der Waals surface area (Å²) >= 11 is 0. The quantitative estimate of drug-likeness (QED) is 0.904. The molecule has 0 aliphatic carbocycles. The van der Waals surface area contributed by atoms with E-state index < -0.39 is 10.0 Å². The molecular formula is C15H22N2O3S. The van der Waals surface area contributed by atoms with Gasteiger partial charge in [0.15, 0.2) is 0 Å². The molecule has 2 atom stereocenters. The van der Waals surface area contributed by atoms with Crippen LogP contribution >= 0.6 is 0 Å². The molecule has 5 nitrogen and oxygen atoms in total. The zero-order valence-electron chi connectivity index (χ0n) is 12.9. The average Bonchev–Trinajstić information content (AvgIpc) is 2.66. The molecule has 0 aromatic heterocycles. The molecule has 1 heterocycles. The fraction of sp³-hybridized carbons (Fsp3) is 0.533. The lowest BCUT2D eigenvalue weighted by Crippen LogP contribution is -2.34. The molecule has 2 rings (SSSR count). The molecule has 1 fully saturated rings. The van der Waals surface area contributed by atoms with Crippen LogP contribution in [-0.2, 0) is 10.0 Å². The fourth-order valence-corrected chi connectivity index (χ4v) is 3.90. The van der Waals surface area contributed by atoms with E-state index in [1.54, 1.807) is 13.0 Å². The molecule has 1 aromatic rings. The monoisotopic (exact) mass is 310 g/mol. The molecule has 1 amide bonds. The maximum atomic E-state index is 12.7. The number of amides is 1. The van der Waals surface area contributed by atoms with Gasteiger partial charge >= 0.3 is 0 Å². The van der Waals surface area contributed by atoms with Crippen molar-refractivity contribution >= 4 is 15.9 Å². The van der Waals surface area contributed by atoms with Crippen molar-refractivity contribution in [1.82, 2.24) is 4.90 Å². The average molecular weight is 310 g/mol. The summed E-state index contributed by atoms with van der Waals surface area (Å²) in [5.41, 5.74) is 1.76. The number of likely N-dealkylation sites (tertiary alicyclic amines) is 1. The molecule has 21 heavy (non-hydrogen) atoms. The summed E-state index contributed by atoms with van der Waals surface area (Å²) in [6.07, 6.45) is 0.971. The Morgan fingerprint density at radius 3 is 2.33 bits per heavy atom. The van der Waals surface area contributed by atoms with Crippen LogP contribution in [-0.4, -0.2) is 31.8 Å². The largest absolute Gasteiger partial charge is 0.336 e. The van der Waals surface area contributed by atoms with Crippen LogP contribution in [0.4, 0.5) is 0 Å². The number of sulfonamides is 1. The van der Waals surface area contributed by atoms with Crippen molar-refractivity contribution in [3.63, 3.8) is 0 Å². The number of rotatable bonds is 2. The van der Waals surface area contributed by atoms with E-state index >= 15 is 0 Å². The summed E-state index contributed by atoms with van der Waals surface area (Å²) in [6, 6.07) is 3.29. The van der Waals surface area contributed by atoms with E-state index in [4.69, 9.17) is 5.14 Å². The molecule has 1 saturated heterocycles. The molecule has 2 N–H and O–H groups in total. The van der Waals surface area contributed by atoms with E-state index in [0.717, 1.165) is 12.0 Å². The molecule has 0 saturated carbocycles. The molecule has 116 valence electrons. The highest BCUT2D eigenvalue weighted by Crippen LogP contribution is 2.27. The van der Waals surface area contributed by atoms with Gasteiger partial charge in [0.05, 0.1) is 4.90 Å². The second-order valence-corrected chi connectivity index (χ2v) is 7.65. The van der Waals surface area contributed by atoms with Crippen molar-refractivity contribution < 1.29 is 13.2 Å². The van der Waals surface area contributed by atoms with Gasteiger partial charge in [-0.05, 0) is 50.3 Å². The summed E-state index contributed by atoms with van der Waals surface area (Å²) in [5.74, 6) is 0.349. The van der Waals surface area contributed by atoms with Gasteiger partial charge in [-0.3, -0.25) is 4.79 Å². The molecule has 2 unspecified atom stereocenters. The molecular weight excluding hydrogens is 288 g/mol. The van der Waals surface area contributed by atoms with E-state index in [9.17, 15) is 13.2 Å². The van der Waals surface area contributed by atoms with Crippen LogP contribution in [0.2, 0.25) is 0 Å². The van der Waals surface area contributed by atoms with Crippen LogP contribution in [0.25, 0.3) is 0 Å². The van der Waals surface area contributed by atoms with E-state index in [1.807, 2.05) is 18.7 Å². The Hall–Kier alpha value is -1.40. The Balaban J connectivity index is 2.47. The SMILES string of the molecule is Cc1cc(C)c(S(N)(=O)=O)cc1C(=O)N1CC(C)CC1C. The first-order valence-corrected chi connectivity index (χ1v) is 8.61. The Kier molecular flexibility index (Phi) is 4.13. The van der Waals surface area contributed by atoms with Crippen LogP contribution in [0.3, 0.4) is 0 Å². The van der Waals surface area contributed by atoms with Crippen LogP contribution in [0.1, 0.15) is 41.8 Å². The van der Waals surface area contributed by atoms with Crippen LogP contribution in [0, 0.1) is 19.8 Å². The Bertz CT molecular complexity index is 682. The summed E-state index contributed by atoms with van der Waals surface area (Å²) in [4.78, 5) is 14.5. The lowest BCUT2D eigenvalue weighted by Gasteiger charge is -2.23. The Labute approximate surface area is 126 Å². The highest BCUT2D eigenvalue weighted by molar-refractivity contribution is 7.89. The first-order valence-electron chi connectivity index (χ1n) is 7.06.